The molecule has 0 unspecified atom stereocenters. The van der Waals surface area contributed by atoms with Crippen molar-refractivity contribution >= 4 is 57.4 Å². The van der Waals surface area contributed by atoms with E-state index >= 15 is 0 Å². The highest BCUT2D eigenvalue weighted by molar-refractivity contribution is 8.18. The molecule has 1 amide bonds. The van der Waals surface area contributed by atoms with Gasteiger partial charge in [-0.1, -0.05) is 68.4 Å². The van der Waals surface area contributed by atoms with Gasteiger partial charge in [0.1, 0.15) is 6.61 Å². The van der Waals surface area contributed by atoms with E-state index in [2.05, 4.69) is 17.4 Å². The number of carbonyl (C=O) groups excluding carboxylic acids is 1. The van der Waals surface area contributed by atoms with E-state index in [0.717, 1.165) is 43.8 Å². The molecule has 6 rings (SSSR count). The molecule has 2 aliphatic heterocycles. The van der Waals surface area contributed by atoms with Crippen LogP contribution in [0, 0.1) is 6.92 Å². The molecule has 1 saturated heterocycles. The molecule has 0 radical (unpaired) electrons. The lowest BCUT2D eigenvalue weighted by atomic mass is 10.1. The Hall–Kier alpha value is -3.68. The Balaban J connectivity index is 0.00000137. The fourth-order valence-electron chi connectivity index (χ4n) is 4.09. The third-order valence-corrected chi connectivity index (χ3v) is 7.52. The summed E-state index contributed by atoms with van der Waals surface area (Å²) < 4.78 is 12.1. The molecule has 5 nitrogen and oxygen atoms in total. The molecule has 0 bridgehead atoms. The Morgan fingerprint density at radius 2 is 1.76 bits per heavy atom. The first-order valence-corrected chi connectivity index (χ1v) is 13.7. The third-order valence-electron chi connectivity index (χ3n) is 5.77. The highest BCUT2D eigenvalue weighted by Crippen LogP contribution is 2.41. The Labute approximate surface area is 225 Å². The molecule has 1 fully saturated rings. The Morgan fingerprint density at radius 1 is 0.973 bits per heavy atom. The van der Waals surface area contributed by atoms with Gasteiger partial charge in [0, 0.05) is 10.9 Å². The summed E-state index contributed by atoms with van der Waals surface area (Å²) in [6.45, 7) is 6.46. The van der Waals surface area contributed by atoms with E-state index in [0.29, 0.717) is 22.4 Å². The smallest absolute Gasteiger partial charge is 0.264 e. The fraction of sp³-hybridized carbons (Fsp3) is 0.133. The number of hydrogen-bond donors (Lipinski definition) is 1. The zero-order chi connectivity index (χ0) is 25.8. The van der Waals surface area contributed by atoms with Crippen molar-refractivity contribution in [1.82, 2.24) is 5.32 Å². The van der Waals surface area contributed by atoms with Crippen LogP contribution in [0.25, 0.3) is 16.8 Å². The molecule has 2 heterocycles. The minimum Gasteiger partial charge on any atom is -0.485 e. The van der Waals surface area contributed by atoms with Gasteiger partial charge in [0.2, 0.25) is 0 Å². The van der Waals surface area contributed by atoms with Crippen molar-refractivity contribution in [3.63, 3.8) is 0 Å². The molecule has 4 aromatic rings. The SMILES string of the molecule is CC.Cc1cc(/C=C2/SC(=Nc3cccc4ccccc34)NC2=O)cc2c1OCc1ccccc1SO2. The quantitative estimate of drug-likeness (QED) is 0.212. The van der Waals surface area contributed by atoms with Crippen LogP contribution < -0.4 is 14.2 Å². The maximum Gasteiger partial charge on any atom is 0.264 e. The second kappa shape index (κ2) is 11.2. The first-order chi connectivity index (χ1) is 18.1. The summed E-state index contributed by atoms with van der Waals surface area (Å²) in [5.74, 6) is 1.19. The van der Waals surface area contributed by atoms with E-state index in [4.69, 9.17) is 13.9 Å². The van der Waals surface area contributed by atoms with E-state index in [1.54, 1.807) is 0 Å². The summed E-state index contributed by atoms with van der Waals surface area (Å²) in [5.41, 5.74) is 3.73. The van der Waals surface area contributed by atoms with E-state index < -0.39 is 0 Å². The van der Waals surface area contributed by atoms with Crippen LogP contribution in [-0.2, 0) is 11.4 Å². The van der Waals surface area contributed by atoms with Crippen molar-refractivity contribution in [2.75, 3.05) is 0 Å². The lowest BCUT2D eigenvalue weighted by molar-refractivity contribution is -0.115. The standard InChI is InChI=1S/C28H20N2O3S2.C2H6/c1-17-13-18(14-23-26(17)32-16-20-8-3-5-12-24(20)35-33-23)15-25-27(31)30-28(34-25)29-22-11-6-9-19-7-2-4-10-21(19)22;1-2/h2-15H,16H2,1H3,(H,29,30,31);1-2H3/b25-15+;. The summed E-state index contributed by atoms with van der Waals surface area (Å²) in [6.07, 6.45) is 1.86. The molecule has 37 heavy (non-hydrogen) atoms. The summed E-state index contributed by atoms with van der Waals surface area (Å²) in [4.78, 5) is 19.0. The number of nitrogens with zero attached hydrogens (tertiary/aromatic N) is 1. The number of rotatable bonds is 2. The summed E-state index contributed by atoms with van der Waals surface area (Å²) in [5, 5.41) is 5.61. The maximum atomic E-state index is 12.7. The number of aliphatic imine (C=N–C) groups is 1. The van der Waals surface area contributed by atoms with Crippen LogP contribution in [0.15, 0.2) is 93.7 Å². The van der Waals surface area contributed by atoms with Crippen molar-refractivity contribution in [2.24, 2.45) is 4.99 Å². The van der Waals surface area contributed by atoms with E-state index in [1.165, 1.54) is 23.8 Å². The normalized spacial score (nSPS) is 16.5. The number of hydrogen-bond acceptors (Lipinski definition) is 6. The molecule has 0 aliphatic carbocycles. The number of thioether (sulfide) groups is 1. The van der Waals surface area contributed by atoms with E-state index in [9.17, 15) is 4.79 Å². The van der Waals surface area contributed by atoms with Crippen molar-refractivity contribution in [3.8, 4) is 11.5 Å². The molecular weight excluding hydrogens is 500 g/mol. The maximum absolute atomic E-state index is 12.7. The fourth-order valence-corrected chi connectivity index (χ4v) is 5.60. The van der Waals surface area contributed by atoms with Gasteiger partial charge in [0.05, 0.1) is 27.5 Å². The minimum absolute atomic E-state index is 0.168. The average molecular weight is 527 g/mol. The van der Waals surface area contributed by atoms with Crippen LogP contribution in [-0.4, -0.2) is 11.1 Å². The zero-order valence-corrected chi connectivity index (χ0v) is 22.4. The minimum atomic E-state index is -0.168. The highest BCUT2D eigenvalue weighted by atomic mass is 32.2. The van der Waals surface area contributed by atoms with Gasteiger partial charge in [0.25, 0.3) is 5.91 Å². The van der Waals surface area contributed by atoms with E-state index in [1.807, 2.05) is 93.6 Å². The Morgan fingerprint density at radius 3 is 2.65 bits per heavy atom. The number of aryl methyl sites for hydroxylation is 1. The molecule has 0 spiro atoms. The predicted molar refractivity (Wildman–Crippen MR) is 155 cm³/mol. The van der Waals surface area contributed by atoms with Crippen molar-refractivity contribution in [2.45, 2.75) is 32.3 Å². The second-order valence-corrected chi connectivity index (χ2v) is 10.0. The number of carbonyl (C=O) groups is 1. The van der Waals surface area contributed by atoms with Crippen LogP contribution in [0.4, 0.5) is 5.69 Å². The number of fused-ring (bicyclic) bond motifs is 3. The molecule has 0 aromatic heterocycles. The van der Waals surface area contributed by atoms with Gasteiger partial charge in [-0.15, -0.1) is 0 Å². The first-order valence-electron chi connectivity index (χ1n) is 12.1. The van der Waals surface area contributed by atoms with Gasteiger partial charge < -0.3 is 14.2 Å². The van der Waals surface area contributed by atoms with Gasteiger partial charge in [0.15, 0.2) is 16.7 Å². The molecule has 1 N–H and O–H groups in total. The Bertz CT molecular complexity index is 1540. The summed E-state index contributed by atoms with van der Waals surface area (Å²) >= 11 is 2.66. The number of nitrogens with one attached hydrogen (secondary N) is 1. The van der Waals surface area contributed by atoms with Crippen LogP contribution in [0.5, 0.6) is 11.5 Å². The van der Waals surface area contributed by atoms with Crippen molar-refractivity contribution in [1.29, 1.82) is 0 Å². The van der Waals surface area contributed by atoms with Gasteiger partial charge in [-0.05, 0) is 65.5 Å². The van der Waals surface area contributed by atoms with Gasteiger partial charge in [-0.3, -0.25) is 4.79 Å². The predicted octanol–water partition coefficient (Wildman–Crippen LogP) is 8.04. The van der Waals surface area contributed by atoms with Crippen molar-refractivity contribution in [3.05, 3.63) is 100 Å². The molecule has 0 atom stereocenters. The van der Waals surface area contributed by atoms with Gasteiger partial charge >= 0.3 is 0 Å². The Kier molecular flexibility index (Phi) is 7.53. The molecule has 2 aliphatic rings. The first kappa shape index (κ1) is 25.0. The van der Waals surface area contributed by atoms with Gasteiger partial charge in [-0.25, -0.2) is 4.99 Å². The molecular formula is C30H26N2O3S2. The number of amides is 1. The number of amidine groups is 1. The molecule has 7 heteroatoms. The summed E-state index contributed by atoms with van der Waals surface area (Å²) in [7, 11) is 0. The second-order valence-electron chi connectivity index (χ2n) is 8.21. The average Bonchev–Trinajstić information content (AvgIpc) is 3.25. The lowest BCUT2D eigenvalue weighted by Gasteiger charge is -2.19. The highest BCUT2D eigenvalue weighted by Gasteiger charge is 2.25. The molecule has 186 valence electrons. The number of ether oxygens (including phenoxy) is 1. The number of benzene rings is 4. The summed E-state index contributed by atoms with van der Waals surface area (Å²) in [6, 6.07) is 26.0. The van der Waals surface area contributed by atoms with Crippen LogP contribution in [0.2, 0.25) is 0 Å². The zero-order valence-electron chi connectivity index (χ0n) is 20.8. The lowest BCUT2D eigenvalue weighted by Crippen LogP contribution is -2.19. The van der Waals surface area contributed by atoms with Crippen LogP contribution >= 0.6 is 23.8 Å². The molecule has 0 saturated carbocycles. The van der Waals surface area contributed by atoms with Crippen LogP contribution in [0.3, 0.4) is 0 Å². The van der Waals surface area contributed by atoms with Crippen molar-refractivity contribution < 1.29 is 13.7 Å². The monoisotopic (exact) mass is 526 g/mol. The van der Waals surface area contributed by atoms with E-state index in [-0.39, 0.29) is 5.91 Å². The molecule has 4 aromatic carbocycles. The largest absolute Gasteiger partial charge is 0.485 e. The van der Waals surface area contributed by atoms with Crippen LogP contribution in [0.1, 0.15) is 30.5 Å². The third kappa shape index (κ3) is 5.38. The van der Waals surface area contributed by atoms with Gasteiger partial charge in [-0.2, -0.15) is 0 Å². The topological polar surface area (TPSA) is 59.9 Å².